The number of nitrogens with zero attached hydrogens (tertiary/aromatic N) is 6. The predicted molar refractivity (Wildman–Crippen MR) is 148 cm³/mol. The zero-order valence-electron chi connectivity index (χ0n) is 23.2. The molecule has 1 fully saturated rings. The van der Waals surface area contributed by atoms with Crippen LogP contribution in [0.5, 0.6) is 5.75 Å². The summed E-state index contributed by atoms with van der Waals surface area (Å²) in [4.78, 5) is 17.5. The predicted octanol–water partition coefficient (Wildman–Crippen LogP) is 4.48. The van der Waals surface area contributed by atoms with Crippen molar-refractivity contribution < 1.29 is 19.0 Å². The van der Waals surface area contributed by atoms with Gasteiger partial charge in [-0.2, -0.15) is 4.80 Å². The number of aliphatic hydroxyl groups is 1. The molecule has 4 heterocycles. The van der Waals surface area contributed by atoms with Gasteiger partial charge in [-0.05, 0) is 79.3 Å². The van der Waals surface area contributed by atoms with Crippen LogP contribution in [0.15, 0.2) is 42.5 Å². The molecule has 2 aromatic carbocycles. The van der Waals surface area contributed by atoms with Crippen LogP contribution in [0.2, 0.25) is 0 Å². The zero-order valence-corrected chi connectivity index (χ0v) is 23.2. The van der Waals surface area contributed by atoms with E-state index in [4.69, 9.17) is 4.74 Å². The van der Waals surface area contributed by atoms with Crippen molar-refractivity contribution in [3.05, 3.63) is 59.5 Å². The smallest absolute Gasteiger partial charge is 0.271 e. The minimum atomic E-state index is -0.628. The number of ether oxygens (including phenoxy) is 1. The summed E-state index contributed by atoms with van der Waals surface area (Å²) in [5, 5.41) is 23.5. The average Bonchev–Trinajstić information content (AvgIpc) is 3.69. The molecule has 2 atom stereocenters. The molecule has 0 bridgehead atoms. The second-order valence-corrected chi connectivity index (χ2v) is 10.9. The molecule has 0 radical (unpaired) electrons. The van der Waals surface area contributed by atoms with Gasteiger partial charge in [0, 0.05) is 24.2 Å². The van der Waals surface area contributed by atoms with E-state index >= 15 is 0 Å². The number of carbonyl (C=O) groups excluding carboxylic acids is 1. The summed E-state index contributed by atoms with van der Waals surface area (Å²) >= 11 is 0. The Labute approximate surface area is 232 Å². The molecule has 0 aliphatic carbocycles. The van der Waals surface area contributed by atoms with Gasteiger partial charge >= 0.3 is 0 Å². The topological polar surface area (TPSA) is 98.3 Å². The van der Waals surface area contributed by atoms with Crippen molar-refractivity contribution in [2.24, 2.45) is 7.05 Å². The number of carbonyl (C=O) groups is 1. The minimum Gasteiger partial charge on any atom is -0.496 e. The highest BCUT2D eigenvalue weighted by atomic mass is 19.1. The third-order valence-corrected chi connectivity index (χ3v) is 8.54. The highest BCUT2D eigenvalue weighted by Crippen LogP contribution is 2.45. The molecule has 2 aliphatic rings. The molecule has 0 unspecified atom stereocenters. The van der Waals surface area contributed by atoms with Gasteiger partial charge in [0.15, 0.2) is 0 Å². The van der Waals surface area contributed by atoms with Crippen LogP contribution >= 0.6 is 0 Å². The molecule has 1 amide bonds. The summed E-state index contributed by atoms with van der Waals surface area (Å²) in [5.74, 6) is 0.658. The van der Waals surface area contributed by atoms with E-state index in [2.05, 4.69) is 20.0 Å². The summed E-state index contributed by atoms with van der Waals surface area (Å²) in [6, 6.07) is 12.3. The van der Waals surface area contributed by atoms with Gasteiger partial charge in [0.25, 0.3) is 5.91 Å². The van der Waals surface area contributed by atoms with Gasteiger partial charge in [-0.1, -0.05) is 19.1 Å². The van der Waals surface area contributed by atoms with E-state index in [1.54, 1.807) is 26.3 Å². The monoisotopic (exact) mass is 544 g/mol. The van der Waals surface area contributed by atoms with Gasteiger partial charge in [0.05, 0.1) is 37.1 Å². The van der Waals surface area contributed by atoms with Crippen molar-refractivity contribution in [2.75, 3.05) is 13.7 Å². The molecule has 2 aliphatic heterocycles. The van der Waals surface area contributed by atoms with Gasteiger partial charge in [0.2, 0.25) is 5.82 Å². The highest BCUT2D eigenvalue weighted by Gasteiger charge is 2.45. The molecule has 4 aromatic rings. The number of hydrogen-bond donors (Lipinski definition) is 1. The van der Waals surface area contributed by atoms with Crippen LogP contribution in [0.4, 0.5) is 4.39 Å². The number of hydrogen-bond acceptors (Lipinski definition) is 6. The second kappa shape index (κ2) is 9.85. The number of aromatic nitrogens is 5. The molecule has 2 aromatic heterocycles. The van der Waals surface area contributed by atoms with Crippen LogP contribution < -0.4 is 4.74 Å². The fourth-order valence-electron chi connectivity index (χ4n) is 6.36. The number of fused-ring (bicyclic) bond motifs is 3. The average molecular weight is 545 g/mol. The number of methoxy groups -OCH3 is 1. The molecule has 0 spiro atoms. The van der Waals surface area contributed by atoms with Crippen molar-refractivity contribution in [1.82, 2.24) is 29.7 Å². The Morgan fingerprint density at radius 3 is 2.60 bits per heavy atom. The second-order valence-electron chi connectivity index (χ2n) is 10.9. The Kier molecular flexibility index (Phi) is 6.45. The first kappa shape index (κ1) is 26.2. The Morgan fingerprint density at radius 2 is 1.93 bits per heavy atom. The van der Waals surface area contributed by atoms with Crippen molar-refractivity contribution in [3.63, 3.8) is 0 Å². The normalized spacial score (nSPS) is 18.9. The fourth-order valence-corrected chi connectivity index (χ4v) is 6.36. The molecule has 1 saturated heterocycles. The van der Waals surface area contributed by atoms with Crippen LogP contribution in [0.25, 0.3) is 33.8 Å². The van der Waals surface area contributed by atoms with E-state index in [0.717, 1.165) is 40.8 Å². The largest absolute Gasteiger partial charge is 0.496 e. The summed E-state index contributed by atoms with van der Waals surface area (Å²) in [6.07, 6.45) is 2.25. The SMILES string of the molecule is CC[C@H](O)[C@]1(C)CCCN1C(=O)c1cc(-c2ccc(F)cc2)c2n1CCc1cc(OC)c(-c3nnn(C)n3)cc1-2. The minimum absolute atomic E-state index is 0.102. The maximum atomic E-state index is 14.2. The van der Waals surface area contributed by atoms with Gasteiger partial charge in [-0.3, -0.25) is 4.79 Å². The number of amides is 1. The maximum absolute atomic E-state index is 14.2. The first-order valence-corrected chi connectivity index (χ1v) is 13.7. The van der Waals surface area contributed by atoms with Crippen LogP contribution in [0, 0.1) is 5.82 Å². The van der Waals surface area contributed by atoms with E-state index in [1.165, 1.54) is 16.9 Å². The van der Waals surface area contributed by atoms with E-state index in [0.29, 0.717) is 48.8 Å². The standard InChI is InChI=1S/C30H33FN6O3/c1-5-26(38)30(2)12-6-13-37(30)29(39)24-17-22(18-7-9-20(31)10-8-18)27-21-16-23(28-32-34-35(3)33-28)25(40-4)15-19(21)11-14-36(24)27/h7-10,15-17,26,38H,5-6,11-14H2,1-4H3/t26-,30-/m0/s1. The third kappa shape index (κ3) is 4.09. The Bertz CT molecular complexity index is 1590. The van der Waals surface area contributed by atoms with Crippen LogP contribution in [0.1, 0.15) is 49.2 Å². The molecular formula is C30H33FN6O3. The Morgan fingerprint density at radius 1 is 1.15 bits per heavy atom. The molecular weight excluding hydrogens is 511 g/mol. The summed E-state index contributed by atoms with van der Waals surface area (Å²) in [6.45, 7) is 5.11. The van der Waals surface area contributed by atoms with E-state index in [1.807, 2.05) is 36.9 Å². The lowest BCUT2D eigenvalue weighted by Gasteiger charge is -2.39. The molecule has 6 rings (SSSR count). The molecule has 9 nitrogen and oxygen atoms in total. The first-order chi connectivity index (χ1) is 19.2. The lowest BCUT2D eigenvalue weighted by molar-refractivity contribution is 0.00468. The van der Waals surface area contributed by atoms with E-state index in [-0.39, 0.29) is 11.7 Å². The Hall–Kier alpha value is -4.05. The fraction of sp³-hybridized carbons (Fsp3) is 0.400. The van der Waals surface area contributed by atoms with Gasteiger partial charge < -0.3 is 19.3 Å². The third-order valence-electron chi connectivity index (χ3n) is 8.54. The van der Waals surface area contributed by atoms with Crippen molar-refractivity contribution in [1.29, 1.82) is 0 Å². The number of benzene rings is 2. The van der Waals surface area contributed by atoms with Gasteiger partial charge in [-0.25, -0.2) is 4.39 Å². The number of likely N-dealkylation sites (tertiary alicyclic amines) is 1. The highest BCUT2D eigenvalue weighted by molar-refractivity contribution is 5.99. The Balaban J connectivity index is 1.55. The van der Waals surface area contributed by atoms with Crippen molar-refractivity contribution >= 4 is 5.91 Å². The first-order valence-electron chi connectivity index (χ1n) is 13.7. The van der Waals surface area contributed by atoms with Crippen molar-refractivity contribution in [2.45, 2.75) is 57.7 Å². The molecule has 40 heavy (non-hydrogen) atoms. The summed E-state index contributed by atoms with van der Waals surface area (Å²) in [5.41, 5.74) is 5.16. The van der Waals surface area contributed by atoms with Gasteiger partial charge in [0.1, 0.15) is 17.3 Å². The summed E-state index contributed by atoms with van der Waals surface area (Å²) in [7, 11) is 3.32. The molecule has 208 valence electrons. The maximum Gasteiger partial charge on any atom is 0.271 e. The molecule has 10 heteroatoms. The molecule has 1 N–H and O–H groups in total. The quantitative estimate of drug-likeness (QED) is 0.384. The van der Waals surface area contributed by atoms with E-state index < -0.39 is 11.6 Å². The van der Waals surface area contributed by atoms with Crippen LogP contribution in [-0.4, -0.2) is 66.0 Å². The number of tetrazole rings is 1. The van der Waals surface area contributed by atoms with Crippen LogP contribution in [-0.2, 0) is 20.0 Å². The van der Waals surface area contributed by atoms with Gasteiger partial charge in [-0.15, -0.1) is 10.2 Å². The summed E-state index contributed by atoms with van der Waals surface area (Å²) < 4.78 is 21.7. The number of aryl methyl sites for hydroxylation is 2. The lowest BCUT2D eigenvalue weighted by atomic mass is 9.89. The van der Waals surface area contributed by atoms with E-state index in [9.17, 15) is 14.3 Å². The zero-order chi connectivity index (χ0) is 28.2. The number of halogens is 1. The van der Waals surface area contributed by atoms with Crippen molar-refractivity contribution in [3.8, 4) is 39.5 Å². The lowest BCUT2D eigenvalue weighted by Crippen LogP contribution is -2.53. The number of aliphatic hydroxyl groups excluding tert-OH is 1. The molecule has 0 saturated carbocycles. The number of rotatable bonds is 6. The van der Waals surface area contributed by atoms with Crippen LogP contribution in [0.3, 0.4) is 0 Å².